The Morgan fingerprint density at radius 2 is 2.21 bits per heavy atom. The molecular formula is C8H11N3O3. The molecule has 0 radical (unpaired) electrons. The summed E-state index contributed by atoms with van der Waals surface area (Å²) in [5.74, 6) is -0.606. The maximum atomic E-state index is 11.4. The molecule has 0 aliphatic heterocycles. The van der Waals surface area contributed by atoms with Crippen LogP contribution in [-0.2, 0) is 16.6 Å². The van der Waals surface area contributed by atoms with E-state index in [9.17, 15) is 9.59 Å². The van der Waals surface area contributed by atoms with Gasteiger partial charge in [-0.3, -0.25) is 14.3 Å². The summed E-state index contributed by atoms with van der Waals surface area (Å²) in [5.41, 5.74) is 0.274. The van der Waals surface area contributed by atoms with E-state index in [-0.39, 0.29) is 24.3 Å². The summed E-state index contributed by atoms with van der Waals surface area (Å²) in [6.07, 6.45) is 1.69. The number of ether oxygens (including phenoxy) is 1. The average Bonchev–Trinajstić information content (AvgIpc) is 2.60. The van der Waals surface area contributed by atoms with Gasteiger partial charge < -0.3 is 4.74 Å². The van der Waals surface area contributed by atoms with Crippen LogP contribution in [0.25, 0.3) is 0 Å². The molecule has 0 amide bonds. The van der Waals surface area contributed by atoms with Gasteiger partial charge in [0.15, 0.2) is 5.78 Å². The molecule has 6 heteroatoms. The van der Waals surface area contributed by atoms with Crippen molar-refractivity contribution in [2.45, 2.75) is 12.8 Å². The van der Waals surface area contributed by atoms with Crippen molar-refractivity contribution in [1.29, 1.82) is 0 Å². The lowest BCUT2D eigenvalue weighted by atomic mass is 10.2. The molecule has 1 heterocycles. The molecule has 0 atom stereocenters. The number of Topliss-reactive ketones (excluding diaryl/α,β-unsaturated/α-hetero) is 1. The van der Waals surface area contributed by atoms with E-state index in [1.807, 2.05) is 0 Å². The highest BCUT2D eigenvalue weighted by Gasteiger charge is 2.12. The fourth-order valence-corrected chi connectivity index (χ4v) is 0.921. The molecule has 0 aromatic carbocycles. The zero-order valence-electron chi connectivity index (χ0n) is 8.06. The fourth-order valence-electron chi connectivity index (χ4n) is 0.921. The van der Waals surface area contributed by atoms with Crippen molar-refractivity contribution >= 4 is 11.8 Å². The summed E-state index contributed by atoms with van der Waals surface area (Å²) in [6, 6.07) is 0. The summed E-state index contributed by atoms with van der Waals surface area (Å²) in [7, 11) is 2.96. The molecule has 1 aromatic rings. The van der Waals surface area contributed by atoms with E-state index in [4.69, 9.17) is 0 Å². The molecular weight excluding hydrogens is 186 g/mol. The van der Waals surface area contributed by atoms with Crippen LogP contribution in [0.1, 0.15) is 23.3 Å². The number of nitrogens with zero attached hydrogens (tertiary/aromatic N) is 3. The molecule has 0 unspecified atom stereocenters. The zero-order valence-corrected chi connectivity index (χ0v) is 8.06. The Kier molecular flexibility index (Phi) is 3.33. The maximum absolute atomic E-state index is 11.4. The summed E-state index contributed by atoms with van der Waals surface area (Å²) < 4.78 is 5.85. The van der Waals surface area contributed by atoms with Gasteiger partial charge in [0.2, 0.25) is 0 Å². The molecule has 0 N–H and O–H groups in total. The van der Waals surface area contributed by atoms with Gasteiger partial charge in [0.1, 0.15) is 5.69 Å². The molecule has 0 aliphatic rings. The average molecular weight is 197 g/mol. The number of aromatic nitrogens is 3. The Morgan fingerprint density at radius 1 is 1.50 bits per heavy atom. The number of carbonyl (C=O) groups excluding carboxylic acids is 2. The van der Waals surface area contributed by atoms with Crippen molar-refractivity contribution in [3.63, 3.8) is 0 Å². The molecule has 76 valence electrons. The van der Waals surface area contributed by atoms with E-state index in [2.05, 4.69) is 15.0 Å². The zero-order chi connectivity index (χ0) is 10.6. The number of aryl methyl sites for hydroxylation is 1. The number of hydrogen-bond donors (Lipinski definition) is 0. The summed E-state index contributed by atoms with van der Waals surface area (Å²) in [5, 5.41) is 7.25. The van der Waals surface area contributed by atoms with Crippen LogP contribution in [0.3, 0.4) is 0 Å². The third kappa shape index (κ3) is 2.65. The van der Waals surface area contributed by atoms with Crippen molar-refractivity contribution < 1.29 is 14.3 Å². The van der Waals surface area contributed by atoms with Crippen molar-refractivity contribution in [2.75, 3.05) is 7.11 Å². The Bertz CT molecular complexity index is 345. The van der Waals surface area contributed by atoms with E-state index < -0.39 is 5.97 Å². The van der Waals surface area contributed by atoms with Crippen LogP contribution in [0.15, 0.2) is 6.20 Å². The molecule has 0 bridgehead atoms. The number of carbonyl (C=O) groups is 2. The van der Waals surface area contributed by atoms with E-state index in [0.29, 0.717) is 0 Å². The second kappa shape index (κ2) is 4.50. The summed E-state index contributed by atoms with van der Waals surface area (Å²) in [4.78, 5) is 22.1. The van der Waals surface area contributed by atoms with Gasteiger partial charge in [0.05, 0.1) is 19.7 Å². The van der Waals surface area contributed by atoms with Crippen LogP contribution in [0.4, 0.5) is 0 Å². The second-order valence-electron chi connectivity index (χ2n) is 2.78. The number of esters is 1. The Morgan fingerprint density at radius 3 is 2.71 bits per heavy atom. The SMILES string of the molecule is COC(=O)CCC(=O)c1cn(C)nn1. The van der Waals surface area contributed by atoms with E-state index in [1.54, 1.807) is 7.05 Å². The number of ketones is 1. The third-order valence-corrected chi connectivity index (χ3v) is 1.67. The van der Waals surface area contributed by atoms with E-state index in [0.717, 1.165) is 0 Å². The van der Waals surface area contributed by atoms with Crippen LogP contribution in [0, 0.1) is 0 Å². The normalized spacial score (nSPS) is 9.86. The van der Waals surface area contributed by atoms with Crippen molar-refractivity contribution in [2.24, 2.45) is 7.05 Å². The minimum atomic E-state index is -0.401. The van der Waals surface area contributed by atoms with Gasteiger partial charge in [-0.2, -0.15) is 0 Å². The van der Waals surface area contributed by atoms with Crippen LogP contribution >= 0.6 is 0 Å². The van der Waals surface area contributed by atoms with Crippen molar-refractivity contribution in [3.8, 4) is 0 Å². The van der Waals surface area contributed by atoms with Crippen LogP contribution in [0.5, 0.6) is 0 Å². The van der Waals surface area contributed by atoms with Gasteiger partial charge in [-0.1, -0.05) is 5.21 Å². The summed E-state index contributed by atoms with van der Waals surface area (Å²) >= 11 is 0. The molecule has 0 saturated carbocycles. The van der Waals surface area contributed by atoms with E-state index >= 15 is 0 Å². The Balaban J connectivity index is 2.47. The first-order valence-corrected chi connectivity index (χ1v) is 4.10. The van der Waals surface area contributed by atoms with Crippen molar-refractivity contribution in [1.82, 2.24) is 15.0 Å². The molecule has 0 aliphatic carbocycles. The van der Waals surface area contributed by atoms with Crippen LogP contribution in [-0.4, -0.2) is 33.9 Å². The van der Waals surface area contributed by atoms with Gasteiger partial charge in [-0.15, -0.1) is 5.10 Å². The smallest absolute Gasteiger partial charge is 0.305 e. The molecule has 0 fully saturated rings. The highest BCUT2D eigenvalue weighted by Crippen LogP contribution is 2.01. The largest absolute Gasteiger partial charge is 0.469 e. The monoisotopic (exact) mass is 197 g/mol. The van der Waals surface area contributed by atoms with Gasteiger partial charge in [0.25, 0.3) is 0 Å². The first kappa shape index (κ1) is 10.4. The standard InChI is InChI=1S/C8H11N3O3/c1-11-5-6(9-10-11)7(12)3-4-8(13)14-2/h5H,3-4H2,1-2H3. The predicted molar refractivity (Wildman–Crippen MR) is 46.6 cm³/mol. The minimum Gasteiger partial charge on any atom is -0.469 e. The Hall–Kier alpha value is -1.72. The fraction of sp³-hybridized carbons (Fsp3) is 0.500. The third-order valence-electron chi connectivity index (χ3n) is 1.67. The predicted octanol–water partition coefficient (Wildman–Crippen LogP) is -0.0490. The quantitative estimate of drug-likeness (QED) is 0.499. The van der Waals surface area contributed by atoms with Crippen LogP contribution < -0.4 is 0 Å². The molecule has 1 aromatic heterocycles. The molecule has 0 spiro atoms. The highest BCUT2D eigenvalue weighted by atomic mass is 16.5. The highest BCUT2D eigenvalue weighted by molar-refractivity contribution is 5.95. The summed E-state index contributed by atoms with van der Waals surface area (Å²) in [6.45, 7) is 0. The first-order valence-electron chi connectivity index (χ1n) is 4.10. The number of hydrogen-bond acceptors (Lipinski definition) is 5. The number of rotatable bonds is 4. The minimum absolute atomic E-state index is 0.0753. The van der Waals surface area contributed by atoms with Gasteiger partial charge >= 0.3 is 5.97 Å². The second-order valence-corrected chi connectivity index (χ2v) is 2.78. The lowest BCUT2D eigenvalue weighted by Crippen LogP contribution is -2.06. The van der Waals surface area contributed by atoms with Crippen molar-refractivity contribution in [3.05, 3.63) is 11.9 Å². The maximum Gasteiger partial charge on any atom is 0.305 e. The molecule has 1 rings (SSSR count). The van der Waals surface area contributed by atoms with Gasteiger partial charge in [-0.05, 0) is 0 Å². The van der Waals surface area contributed by atoms with Gasteiger partial charge in [0, 0.05) is 13.5 Å². The number of methoxy groups -OCH3 is 1. The van der Waals surface area contributed by atoms with E-state index in [1.165, 1.54) is 18.0 Å². The first-order chi connectivity index (χ1) is 6.63. The lowest BCUT2D eigenvalue weighted by molar-refractivity contribution is -0.140. The molecule has 14 heavy (non-hydrogen) atoms. The topological polar surface area (TPSA) is 74.1 Å². The Labute approximate surface area is 80.9 Å². The van der Waals surface area contributed by atoms with Crippen LogP contribution in [0.2, 0.25) is 0 Å². The lowest BCUT2D eigenvalue weighted by Gasteiger charge is -1.95. The van der Waals surface area contributed by atoms with Gasteiger partial charge in [-0.25, -0.2) is 0 Å². The molecule has 0 saturated heterocycles. The molecule has 6 nitrogen and oxygen atoms in total.